The molecule has 14 heavy (non-hydrogen) atoms. The van der Waals surface area contributed by atoms with E-state index in [2.05, 4.69) is 10.5 Å². The normalized spacial score (nSPS) is 16.6. The first-order chi connectivity index (χ1) is 6.57. The molecule has 5 nitrogen and oxygen atoms in total. The molecule has 2 unspecified atom stereocenters. The average molecular weight is 221 g/mol. The van der Waals surface area contributed by atoms with Crippen LogP contribution in [0.25, 0.3) is 0 Å². The summed E-state index contributed by atoms with van der Waals surface area (Å²) >= 11 is 0. The van der Waals surface area contributed by atoms with Gasteiger partial charge in [0.1, 0.15) is 5.84 Å². The van der Waals surface area contributed by atoms with Crippen LogP contribution in [0.1, 0.15) is 13.3 Å². The lowest BCUT2D eigenvalue weighted by atomic mass is 10.1. The van der Waals surface area contributed by atoms with Crippen molar-refractivity contribution in [3.05, 3.63) is 0 Å². The van der Waals surface area contributed by atoms with Gasteiger partial charge in [0.05, 0.1) is 0 Å². The number of oxime groups is 1. The van der Waals surface area contributed by atoms with Crippen LogP contribution in [0.4, 0.5) is 0 Å². The maximum Gasteiger partial charge on any atom is 0.143 e. The number of nitrogens with zero attached hydrogens (tertiary/aromatic N) is 1. The summed E-state index contributed by atoms with van der Waals surface area (Å²) in [6.45, 7) is 3.36. The van der Waals surface area contributed by atoms with Crippen molar-refractivity contribution >= 4 is 16.6 Å². The van der Waals surface area contributed by atoms with E-state index in [1.807, 2.05) is 6.92 Å². The standard InChI is InChI=1S/C8H19N3O2S/c1-7(8(9)11-12)6-10-4-3-5-14(2)13/h7,10,12H,3-6H2,1-2H3,(H2,9,11). The Morgan fingerprint density at radius 1 is 1.71 bits per heavy atom. The molecule has 0 aromatic heterocycles. The van der Waals surface area contributed by atoms with Crippen LogP contribution in [0.2, 0.25) is 0 Å². The van der Waals surface area contributed by atoms with E-state index in [0.29, 0.717) is 12.3 Å². The molecule has 0 saturated carbocycles. The van der Waals surface area contributed by atoms with Gasteiger partial charge < -0.3 is 16.3 Å². The van der Waals surface area contributed by atoms with E-state index in [9.17, 15) is 4.21 Å². The zero-order valence-corrected chi connectivity index (χ0v) is 9.51. The van der Waals surface area contributed by atoms with Gasteiger partial charge in [-0.3, -0.25) is 4.21 Å². The van der Waals surface area contributed by atoms with Crippen LogP contribution in [-0.4, -0.2) is 40.3 Å². The lowest BCUT2D eigenvalue weighted by molar-refractivity contribution is 0.314. The summed E-state index contributed by atoms with van der Waals surface area (Å²) in [5.41, 5.74) is 5.39. The van der Waals surface area contributed by atoms with Crippen LogP contribution in [0.3, 0.4) is 0 Å². The number of amidine groups is 1. The van der Waals surface area contributed by atoms with Crippen LogP contribution in [-0.2, 0) is 10.8 Å². The fourth-order valence-corrected chi connectivity index (χ4v) is 1.47. The van der Waals surface area contributed by atoms with Gasteiger partial charge in [-0.15, -0.1) is 0 Å². The molecule has 0 rings (SSSR count). The third-order valence-electron chi connectivity index (χ3n) is 1.86. The largest absolute Gasteiger partial charge is 0.409 e. The third-order valence-corrected chi connectivity index (χ3v) is 2.72. The topological polar surface area (TPSA) is 87.7 Å². The Bertz CT molecular complexity index is 209. The quantitative estimate of drug-likeness (QED) is 0.181. The SMILES string of the molecule is CC(CNCCCS(C)=O)C(N)=NO. The zero-order valence-electron chi connectivity index (χ0n) is 8.69. The van der Waals surface area contributed by atoms with Crippen LogP contribution in [0, 0.1) is 5.92 Å². The van der Waals surface area contributed by atoms with Gasteiger partial charge in [0.15, 0.2) is 0 Å². The minimum Gasteiger partial charge on any atom is -0.409 e. The second-order valence-corrected chi connectivity index (χ2v) is 4.82. The van der Waals surface area contributed by atoms with Crippen molar-refractivity contribution in [3.8, 4) is 0 Å². The van der Waals surface area contributed by atoms with Gasteiger partial charge in [-0.1, -0.05) is 12.1 Å². The monoisotopic (exact) mass is 221 g/mol. The number of hydrogen-bond acceptors (Lipinski definition) is 4. The van der Waals surface area contributed by atoms with Crippen molar-refractivity contribution in [1.29, 1.82) is 0 Å². The summed E-state index contributed by atoms with van der Waals surface area (Å²) < 4.78 is 10.7. The molecule has 84 valence electrons. The van der Waals surface area contributed by atoms with Gasteiger partial charge in [0.2, 0.25) is 0 Å². The molecule has 0 amide bonds. The van der Waals surface area contributed by atoms with Crippen molar-refractivity contribution in [2.75, 3.05) is 25.1 Å². The first kappa shape index (κ1) is 13.4. The predicted octanol–water partition coefficient (Wildman–Crippen LogP) is -0.273. The maximum absolute atomic E-state index is 10.7. The van der Waals surface area contributed by atoms with E-state index < -0.39 is 10.8 Å². The Morgan fingerprint density at radius 2 is 2.36 bits per heavy atom. The summed E-state index contributed by atoms with van der Waals surface area (Å²) in [5.74, 6) is 0.967. The molecule has 0 aromatic rings. The lowest BCUT2D eigenvalue weighted by Gasteiger charge is -2.10. The summed E-state index contributed by atoms with van der Waals surface area (Å²) in [6, 6.07) is 0. The van der Waals surface area contributed by atoms with Crippen LogP contribution < -0.4 is 11.1 Å². The zero-order chi connectivity index (χ0) is 11.0. The first-order valence-electron chi connectivity index (χ1n) is 4.56. The van der Waals surface area contributed by atoms with E-state index in [-0.39, 0.29) is 11.8 Å². The Kier molecular flexibility index (Phi) is 7.41. The number of hydrogen-bond donors (Lipinski definition) is 3. The van der Waals surface area contributed by atoms with E-state index in [1.54, 1.807) is 6.26 Å². The van der Waals surface area contributed by atoms with Gasteiger partial charge in [-0.05, 0) is 13.0 Å². The summed E-state index contributed by atoms with van der Waals surface area (Å²) in [6.07, 6.45) is 2.57. The van der Waals surface area contributed by atoms with Crippen LogP contribution >= 0.6 is 0 Å². The summed E-state index contributed by atoms with van der Waals surface area (Å²) in [7, 11) is -0.719. The van der Waals surface area contributed by atoms with Gasteiger partial charge in [-0.25, -0.2) is 0 Å². The molecule has 0 fully saturated rings. The molecule has 0 heterocycles. The number of nitrogens with one attached hydrogen (secondary N) is 1. The van der Waals surface area contributed by atoms with Gasteiger partial charge >= 0.3 is 0 Å². The van der Waals surface area contributed by atoms with Crippen molar-refractivity contribution in [2.45, 2.75) is 13.3 Å². The Morgan fingerprint density at radius 3 is 2.86 bits per heavy atom. The molecular weight excluding hydrogens is 202 g/mol. The highest BCUT2D eigenvalue weighted by molar-refractivity contribution is 7.84. The number of rotatable bonds is 7. The Labute approximate surface area is 87.2 Å². The fraction of sp³-hybridized carbons (Fsp3) is 0.875. The van der Waals surface area contributed by atoms with Gasteiger partial charge in [0, 0.05) is 35.3 Å². The van der Waals surface area contributed by atoms with E-state index in [4.69, 9.17) is 10.9 Å². The Hall–Kier alpha value is -0.620. The average Bonchev–Trinajstić information content (AvgIpc) is 2.15. The van der Waals surface area contributed by atoms with Crippen LogP contribution in [0.5, 0.6) is 0 Å². The molecule has 0 spiro atoms. The first-order valence-corrected chi connectivity index (χ1v) is 6.28. The molecule has 2 atom stereocenters. The van der Waals surface area contributed by atoms with Crippen molar-refractivity contribution in [1.82, 2.24) is 5.32 Å². The predicted molar refractivity (Wildman–Crippen MR) is 59.0 cm³/mol. The second kappa shape index (κ2) is 7.75. The molecule has 0 radical (unpaired) electrons. The lowest BCUT2D eigenvalue weighted by Crippen LogP contribution is -2.32. The van der Waals surface area contributed by atoms with E-state index in [1.165, 1.54) is 0 Å². The summed E-state index contributed by atoms with van der Waals surface area (Å²) in [4.78, 5) is 0. The highest BCUT2D eigenvalue weighted by Gasteiger charge is 2.05. The molecular formula is C8H19N3O2S. The van der Waals surface area contributed by atoms with E-state index in [0.717, 1.165) is 13.0 Å². The second-order valence-electron chi connectivity index (χ2n) is 3.26. The van der Waals surface area contributed by atoms with Crippen molar-refractivity contribution in [2.24, 2.45) is 16.8 Å². The molecule has 0 saturated heterocycles. The smallest absolute Gasteiger partial charge is 0.143 e. The molecule has 0 aliphatic rings. The molecule has 0 aromatic carbocycles. The highest BCUT2D eigenvalue weighted by Crippen LogP contribution is 1.92. The minimum absolute atomic E-state index is 0.0205. The van der Waals surface area contributed by atoms with Gasteiger partial charge in [0.25, 0.3) is 0 Å². The summed E-state index contributed by atoms with van der Waals surface area (Å²) in [5, 5.41) is 14.4. The van der Waals surface area contributed by atoms with Crippen molar-refractivity contribution in [3.63, 3.8) is 0 Å². The fourth-order valence-electron chi connectivity index (χ4n) is 0.922. The van der Waals surface area contributed by atoms with Crippen LogP contribution in [0.15, 0.2) is 5.16 Å². The minimum atomic E-state index is -0.719. The maximum atomic E-state index is 10.7. The molecule has 6 heteroatoms. The van der Waals surface area contributed by atoms with E-state index >= 15 is 0 Å². The Balaban J connectivity index is 3.41. The molecule has 0 aliphatic carbocycles. The highest BCUT2D eigenvalue weighted by atomic mass is 32.2. The molecule has 4 N–H and O–H groups in total. The molecule has 0 bridgehead atoms. The van der Waals surface area contributed by atoms with Crippen molar-refractivity contribution < 1.29 is 9.42 Å². The molecule has 0 aliphatic heterocycles. The number of nitrogens with two attached hydrogens (primary N) is 1. The van der Waals surface area contributed by atoms with Gasteiger partial charge in [-0.2, -0.15) is 0 Å². The third kappa shape index (κ3) is 6.85.